The molecule has 0 N–H and O–H groups in total. The van der Waals surface area contributed by atoms with Crippen LogP contribution in [0.25, 0.3) is 0 Å². The SMILES string of the molecule is CCN(c1nc(C)cc(C)n1)c1ccccc1Cl. The van der Waals surface area contributed by atoms with Gasteiger partial charge in [-0.2, -0.15) is 0 Å². The highest BCUT2D eigenvalue weighted by atomic mass is 35.5. The fourth-order valence-electron chi connectivity index (χ4n) is 1.92. The second-order valence-electron chi connectivity index (χ2n) is 4.15. The first-order valence-electron chi connectivity index (χ1n) is 5.96. The van der Waals surface area contributed by atoms with Crippen LogP contribution in [0.15, 0.2) is 30.3 Å². The smallest absolute Gasteiger partial charge is 0.230 e. The van der Waals surface area contributed by atoms with Crippen molar-refractivity contribution in [3.8, 4) is 0 Å². The molecule has 0 fully saturated rings. The normalized spacial score (nSPS) is 10.4. The molecule has 0 spiro atoms. The second-order valence-corrected chi connectivity index (χ2v) is 4.55. The lowest BCUT2D eigenvalue weighted by molar-refractivity contribution is 0.920. The zero-order valence-electron chi connectivity index (χ0n) is 10.8. The Bertz CT molecular complexity index is 534. The molecule has 3 nitrogen and oxygen atoms in total. The monoisotopic (exact) mass is 261 g/mol. The molecule has 1 aromatic heterocycles. The molecule has 0 atom stereocenters. The van der Waals surface area contributed by atoms with Gasteiger partial charge in [0, 0.05) is 17.9 Å². The predicted octanol–water partition coefficient (Wildman–Crippen LogP) is 3.90. The van der Waals surface area contributed by atoms with E-state index in [4.69, 9.17) is 11.6 Å². The lowest BCUT2D eigenvalue weighted by Gasteiger charge is -2.22. The summed E-state index contributed by atoms with van der Waals surface area (Å²) in [5, 5.41) is 0.710. The second kappa shape index (κ2) is 5.36. The Morgan fingerprint density at radius 1 is 1.11 bits per heavy atom. The third kappa shape index (κ3) is 2.62. The fraction of sp³-hybridized carbons (Fsp3) is 0.286. The van der Waals surface area contributed by atoms with Crippen LogP contribution in [0.4, 0.5) is 11.6 Å². The van der Waals surface area contributed by atoms with E-state index in [2.05, 4.69) is 16.9 Å². The predicted molar refractivity (Wildman–Crippen MR) is 75.6 cm³/mol. The topological polar surface area (TPSA) is 29.0 Å². The molecule has 0 radical (unpaired) electrons. The van der Waals surface area contributed by atoms with E-state index in [0.717, 1.165) is 23.6 Å². The lowest BCUT2D eigenvalue weighted by Crippen LogP contribution is -2.19. The van der Waals surface area contributed by atoms with Gasteiger partial charge in [0.1, 0.15) is 0 Å². The first kappa shape index (κ1) is 12.8. The molecule has 0 amide bonds. The van der Waals surface area contributed by atoms with E-state index in [0.29, 0.717) is 11.0 Å². The molecule has 18 heavy (non-hydrogen) atoms. The zero-order valence-corrected chi connectivity index (χ0v) is 11.6. The third-order valence-corrected chi connectivity index (χ3v) is 2.99. The van der Waals surface area contributed by atoms with Crippen LogP contribution in [0, 0.1) is 13.8 Å². The van der Waals surface area contributed by atoms with Crippen molar-refractivity contribution in [3.05, 3.63) is 46.7 Å². The average molecular weight is 262 g/mol. The van der Waals surface area contributed by atoms with Crippen LogP contribution in [0.2, 0.25) is 5.02 Å². The summed E-state index contributed by atoms with van der Waals surface area (Å²) in [5.74, 6) is 0.697. The Balaban J connectivity index is 2.48. The number of rotatable bonds is 3. The van der Waals surface area contributed by atoms with Gasteiger partial charge in [0.2, 0.25) is 5.95 Å². The highest BCUT2D eigenvalue weighted by Gasteiger charge is 2.13. The van der Waals surface area contributed by atoms with Gasteiger partial charge >= 0.3 is 0 Å². The standard InChI is InChI=1S/C14H16ClN3/c1-4-18(13-8-6-5-7-12(13)15)14-16-10(2)9-11(3)17-14/h5-9H,4H2,1-3H3. The molecule has 4 heteroatoms. The summed E-state index contributed by atoms with van der Waals surface area (Å²) in [7, 11) is 0. The van der Waals surface area contributed by atoms with Crippen molar-refractivity contribution >= 4 is 23.2 Å². The number of para-hydroxylation sites is 1. The Hall–Kier alpha value is -1.61. The van der Waals surface area contributed by atoms with Crippen molar-refractivity contribution in [1.29, 1.82) is 0 Å². The van der Waals surface area contributed by atoms with Gasteiger partial charge in [0.05, 0.1) is 10.7 Å². The highest BCUT2D eigenvalue weighted by molar-refractivity contribution is 6.33. The van der Waals surface area contributed by atoms with Gasteiger partial charge in [-0.1, -0.05) is 23.7 Å². The number of hydrogen-bond donors (Lipinski definition) is 0. The molecule has 0 aliphatic rings. The molecule has 0 saturated carbocycles. The first-order valence-corrected chi connectivity index (χ1v) is 6.34. The van der Waals surface area contributed by atoms with Gasteiger partial charge in [-0.3, -0.25) is 0 Å². The van der Waals surface area contributed by atoms with Gasteiger partial charge < -0.3 is 4.90 Å². The van der Waals surface area contributed by atoms with Gasteiger partial charge in [0.25, 0.3) is 0 Å². The highest BCUT2D eigenvalue weighted by Crippen LogP contribution is 2.29. The van der Waals surface area contributed by atoms with Crippen molar-refractivity contribution in [2.24, 2.45) is 0 Å². The molecule has 0 aliphatic carbocycles. The minimum absolute atomic E-state index is 0.697. The van der Waals surface area contributed by atoms with Crippen LogP contribution in [0.1, 0.15) is 18.3 Å². The van der Waals surface area contributed by atoms with E-state index in [1.165, 1.54) is 0 Å². The molecular formula is C14H16ClN3. The molecule has 2 rings (SSSR count). The van der Waals surface area contributed by atoms with Crippen LogP contribution in [0.5, 0.6) is 0 Å². The van der Waals surface area contributed by atoms with Gasteiger partial charge in [0.15, 0.2) is 0 Å². The van der Waals surface area contributed by atoms with E-state index in [1.807, 2.05) is 49.1 Å². The third-order valence-electron chi connectivity index (χ3n) is 2.67. The van der Waals surface area contributed by atoms with E-state index < -0.39 is 0 Å². The molecular weight excluding hydrogens is 246 g/mol. The molecule has 94 valence electrons. The molecule has 0 saturated heterocycles. The number of nitrogens with zero attached hydrogens (tertiary/aromatic N) is 3. The number of aromatic nitrogens is 2. The number of halogens is 1. The Labute approximate surface area is 112 Å². The van der Waals surface area contributed by atoms with Crippen molar-refractivity contribution in [3.63, 3.8) is 0 Å². The molecule has 1 aromatic carbocycles. The summed E-state index contributed by atoms with van der Waals surface area (Å²) in [5.41, 5.74) is 2.86. The van der Waals surface area contributed by atoms with E-state index in [1.54, 1.807) is 0 Å². The first-order chi connectivity index (χ1) is 8.61. The van der Waals surface area contributed by atoms with Crippen molar-refractivity contribution in [2.75, 3.05) is 11.4 Å². The molecule has 2 aromatic rings. The van der Waals surface area contributed by atoms with E-state index in [-0.39, 0.29) is 0 Å². The van der Waals surface area contributed by atoms with Crippen molar-refractivity contribution in [1.82, 2.24) is 9.97 Å². The minimum Gasteiger partial charge on any atom is -0.309 e. The maximum atomic E-state index is 6.23. The Morgan fingerprint density at radius 3 is 2.28 bits per heavy atom. The van der Waals surface area contributed by atoms with Crippen LogP contribution >= 0.6 is 11.6 Å². The fourth-order valence-corrected chi connectivity index (χ4v) is 2.16. The van der Waals surface area contributed by atoms with E-state index >= 15 is 0 Å². The van der Waals surface area contributed by atoms with E-state index in [9.17, 15) is 0 Å². The summed E-state index contributed by atoms with van der Waals surface area (Å²) in [6.07, 6.45) is 0. The van der Waals surface area contributed by atoms with Gasteiger partial charge in [-0.15, -0.1) is 0 Å². The quantitative estimate of drug-likeness (QED) is 0.839. The molecule has 0 unspecified atom stereocenters. The lowest BCUT2D eigenvalue weighted by atomic mass is 10.3. The zero-order chi connectivity index (χ0) is 13.1. The average Bonchev–Trinajstić information content (AvgIpc) is 2.31. The van der Waals surface area contributed by atoms with Crippen LogP contribution in [0.3, 0.4) is 0 Å². The van der Waals surface area contributed by atoms with Gasteiger partial charge in [-0.05, 0) is 39.0 Å². The number of aryl methyl sites for hydroxylation is 2. The Kier molecular flexibility index (Phi) is 3.82. The molecule has 1 heterocycles. The van der Waals surface area contributed by atoms with Crippen molar-refractivity contribution < 1.29 is 0 Å². The largest absolute Gasteiger partial charge is 0.309 e. The number of anilines is 2. The molecule has 0 aliphatic heterocycles. The maximum Gasteiger partial charge on any atom is 0.230 e. The Morgan fingerprint density at radius 2 is 1.72 bits per heavy atom. The number of hydrogen-bond acceptors (Lipinski definition) is 3. The minimum atomic E-state index is 0.697. The summed E-state index contributed by atoms with van der Waals surface area (Å²) in [6.45, 7) is 6.77. The van der Waals surface area contributed by atoms with Crippen LogP contribution in [-0.4, -0.2) is 16.5 Å². The summed E-state index contributed by atoms with van der Waals surface area (Å²) in [4.78, 5) is 11.0. The maximum absolute atomic E-state index is 6.23. The summed E-state index contributed by atoms with van der Waals surface area (Å²) >= 11 is 6.23. The van der Waals surface area contributed by atoms with Crippen LogP contribution < -0.4 is 4.90 Å². The number of benzene rings is 1. The van der Waals surface area contributed by atoms with Crippen molar-refractivity contribution in [2.45, 2.75) is 20.8 Å². The van der Waals surface area contributed by atoms with Gasteiger partial charge in [-0.25, -0.2) is 9.97 Å². The molecule has 0 bridgehead atoms. The van der Waals surface area contributed by atoms with Crippen LogP contribution in [-0.2, 0) is 0 Å². The summed E-state index contributed by atoms with van der Waals surface area (Å²) < 4.78 is 0. The summed E-state index contributed by atoms with van der Waals surface area (Å²) in [6, 6.07) is 9.70.